The van der Waals surface area contributed by atoms with E-state index in [2.05, 4.69) is 32.6 Å². The van der Waals surface area contributed by atoms with Crippen molar-refractivity contribution in [2.24, 2.45) is 11.8 Å². The number of ether oxygens (including phenoxy) is 4. The first-order valence-electron chi connectivity index (χ1n) is 27.2. The fraction of sp³-hybridized carbons (Fsp3) is 0.963. The van der Waals surface area contributed by atoms with Crippen LogP contribution in [-0.2, 0) is 28.5 Å². The van der Waals surface area contributed by atoms with Gasteiger partial charge in [0.2, 0.25) is 0 Å². The Balaban J connectivity index is 4.61. The standard InChI is InChI=1S/C54H107NO6/c1-6-10-14-18-22-30-39-51(40-31-23-19-15-11-7-2)53(56)60-47-36-28-26-34-43-55(45-38-46-59-50-49-58-5)44-35-27-29-37-48-61-54(57)52(41-32-24-20-16-12-8-3)42-33-25-21-17-13-9-4/h51-52H,6-50H2,1-5H3. The summed E-state index contributed by atoms with van der Waals surface area (Å²) in [6, 6.07) is 0. The molecule has 0 aromatic heterocycles. The van der Waals surface area contributed by atoms with Crippen LogP contribution in [0.15, 0.2) is 0 Å². The van der Waals surface area contributed by atoms with Crippen LogP contribution < -0.4 is 0 Å². The third-order valence-corrected chi connectivity index (χ3v) is 12.7. The number of rotatable bonds is 51. The highest BCUT2D eigenvalue weighted by Gasteiger charge is 2.20. The van der Waals surface area contributed by atoms with Crippen LogP contribution in [0.25, 0.3) is 0 Å². The lowest BCUT2D eigenvalue weighted by atomic mass is 9.94. The van der Waals surface area contributed by atoms with Crippen molar-refractivity contribution < 1.29 is 28.5 Å². The van der Waals surface area contributed by atoms with Crippen LogP contribution in [0.3, 0.4) is 0 Å². The maximum absolute atomic E-state index is 13.1. The van der Waals surface area contributed by atoms with Gasteiger partial charge in [-0.2, -0.15) is 0 Å². The molecule has 0 radical (unpaired) electrons. The van der Waals surface area contributed by atoms with Gasteiger partial charge in [-0.15, -0.1) is 0 Å². The summed E-state index contributed by atoms with van der Waals surface area (Å²) in [5.74, 6) is 0.308. The summed E-state index contributed by atoms with van der Waals surface area (Å²) < 4.78 is 22.7. The van der Waals surface area contributed by atoms with Crippen LogP contribution in [0.4, 0.5) is 0 Å². The van der Waals surface area contributed by atoms with Gasteiger partial charge in [0.05, 0.1) is 38.3 Å². The van der Waals surface area contributed by atoms with Gasteiger partial charge in [-0.3, -0.25) is 9.59 Å². The summed E-state index contributed by atoms with van der Waals surface area (Å²) in [4.78, 5) is 28.9. The first-order valence-corrected chi connectivity index (χ1v) is 27.2. The minimum atomic E-state index is 0.0651. The predicted octanol–water partition coefficient (Wildman–Crippen LogP) is 15.8. The van der Waals surface area contributed by atoms with Gasteiger partial charge in [-0.05, 0) is 70.9 Å². The van der Waals surface area contributed by atoms with Gasteiger partial charge in [0, 0.05) is 20.3 Å². The molecule has 364 valence electrons. The minimum absolute atomic E-state index is 0.0651. The summed E-state index contributed by atoms with van der Waals surface area (Å²) in [6.07, 6.45) is 44.3. The quantitative estimate of drug-likeness (QED) is 0.0445. The second kappa shape index (κ2) is 49.8. The average Bonchev–Trinajstić information content (AvgIpc) is 3.26. The van der Waals surface area contributed by atoms with Crippen molar-refractivity contribution in [2.45, 2.75) is 265 Å². The van der Waals surface area contributed by atoms with Crippen LogP contribution in [0.5, 0.6) is 0 Å². The van der Waals surface area contributed by atoms with E-state index in [4.69, 9.17) is 18.9 Å². The maximum Gasteiger partial charge on any atom is 0.308 e. The molecule has 0 aromatic rings. The Bertz CT molecular complexity index is 792. The molecule has 0 fully saturated rings. The molecule has 0 aliphatic rings. The van der Waals surface area contributed by atoms with Crippen molar-refractivity contribution in [3.8, 4) is 0 Å². The summed E-state index contributed by atoms with van der Waals surface area (Å²) in [6.45, 7) is 15.5. The van der Waals surface area contributed by atoms with Crippen LogP contribution in [0.2, 0.25) is 0 Å². The normalized spacial score (nSPS) is 11.7. The molecule has 0 rings (SSSR count). The van der Waals surface area contributed by atoms with E-state index in [0.29, 0.717) is 26.4 Å². The highest BCUT2D eigenvalue weighted by Crippen LogP contribution is 2.23. The molecule has 0 N–H and O–H groups in total. The first-order chi connectivity index (χ1) is 30.0. The first kappa shape index (κ1) is 59.8. The Hall–Kier alpha value is -1.18. The van der Waals surface area contributed by atoms with Crippen LogP contribution in [0, 0.1) is 11.8 Å². The Morgan fingerprint density at radius 1 is 0.344 bits per heavy atom. The van der Waals surface area contributed by atoms with E-state index in [0.717, 1.165) is 110 Å². The van der Waals surface area contributed by atoms with Crippen LogP contribution in [-0.4, -0.2) is 76.6 Å². The number of hydrogen-bond donors (Lipinski definition) is 0. The van der Waals surface area contributed by atoms with Gasteiger partial charge < -0.3 is 23.8 Å². The average molecular weight is 866 g/mol. The molecule has 0 amide bonds. The van der Waals surface area contributed by atoms with Crippen molar-refractivity contribution in [1.29, 1.82) is 0 Å². The number of unbranched alkanes of at least 4 members (excludes halogenated alkanes) is 26. The van der Waals surface area contributed by atoms with Gasteiger partial charge in [0.25, 0.3) is 0 Å². The minimum Gasteiger partial charge on any atom is -0.465 e. The van der Waals surface area contributed by atoms with Crippen molar-refractivity contribution in [2.75, 3.05) is 59.8 Å². The molecule has 0 saturated carbocycles. The number of hydrogen-bond acceptors (Lipinski definition) is 7. The Kier molecular flexibility index (Phi) is 48.9. The summed E-state index contributed by atoms with van der Waals surface area (Å²) in [7, 11) is 1.72. The van der Waals surface area contributed by atoms with Gasteiger partial charge in [0.1, 0.15) is 0 Å². The fourth-order valence-corrected chi connectivity index (χ4v) is 8.58. The number of carbonyl (C=O) groups is 2. The van der Waals surface area contributed by atoms with Gasteiger partial charge in [0.15, 0.2) is 0 Å². The van der Waals surface area contributed by atoms with Crippen molar-refractivity contribution >= 4 is 11.9 Å². The number of nitrogens with zero attached hydrogens (tertiary/aromatic N) is 1. The molecule has 0 spiro atoms. The van der Waals surface area contributed by atoms with E-state index >= 15 is 0 Å². The molecule has 0 heterocycles. The van der Waals surface area contributed by atoms with E-state index in [-0.39, 0.29) is 23.8 Å². The molecule has 0 unspecified atom stereocenters. The number of esters is 2. The third kappa shape index (κ3) is 42.5. The van der Waals surface area contributed by atoms with E-state index in [1.807, 2.05) is 0 Å². The Labute approximate surface area is 381 Å². The lowest BCUT2D eigenvalue weighted by molar-refractivity contribution is -0.150. The highest BCUT2D eigenvalue weighted by molar-refractivity contribution is 5.72. The zero-order valence-corrected chi connectivity index (χ0v) is 41.9. The fourth-order valence-electron chi connectivity index (χ4n) is 8.58. The number of carbonyl (C=O) groups excluding carboxylic acids is 2. The zero-order chi connectivity index (χ0) is 44.5. The molecular weight excluding hydrogens is 759 g/mol. The Morgan fingerprint density at radius 3 is 1.02 bits per heavy atom. The van der Waals surface area contributed by atoms with Gasteiger partial charge >= 0.3 is 11.9 Å². The molecular formula is C54H107NO6. The van der Waals surface area contributed by atoms with Gasteiger partial charge in [-0.25, -0.2) is 0 Å². The molecule has 7 nitrogen and oxygen atoms in total. The molecule has 0 saturated heterocycles. The maximum atomic E-state index is 13.1. The molecule has 0 aliphatic heterocycles. The molecule has 0 aliphatic carbocycles. The van der Waals surface area contributed by atoms with E-state index < -0.39 is 0 Å². The molecule has 0 bridgehead atoms. The van der Waals surface area contributed by atoms with Crippen LogP contribution in [0.1, 0.15) is 265 Å². The topological polar surface area (TPSA) is 74.3 Å². The second-order valence-corrected chi connectivity index (χ2v) is 18.6. The predicted molar refractivity (Wildman–Crippen MR) is 262 cm³/mol. The smallest absolute Gasteiger partial charge is 0.308 e. The van der Waals surface area contributed by atoms with E-state index in [1.54, 1.807) is 7.11 Å². The molecule has 0 atom stereocenters. The summed E-state index contributed by atoms with van der Waals surface area (Å²) in [5, 5.41) is 0. The third-order valence-electron chi connectivity index (χ3n) is 12.7. The summed E-state index contributed by atoms with van der Waals surface area (Å²) >= 11 is 0. The monoisotopic (exact) mass is 866 g/mol. The van der Waals surface area contributed by atoms with Crippen LogP contribution >= 0.6 is 0 Å². The van der Waals surface area contributed by atoms with Crippen molar-refractivity contribution in [3.05, 3.63) is 0 Å². The van der Waals surface area contributed by atoms with Crippen molar-refractivity contribution in [3.63, 3.8) is 0 Å². The molecule has 7 heteroatoms. The molecule has 61 heavy (non-hydrogen) atoms. The Morgan fingerprint density at radius 2 is 0.656 bits per heavy atom. The molecule has 0 aromatic carbocycles. The highest BCUT2D eigenvalue weighted by atomic mass is 16.5. The van der Waals surface area contributed by atoms with Crippen molar-refractivity contribution in [1.82, 2.24) is 4.90 Å². The SMILES string of the molecule is CCCCCCCCC(CCCCCCCC)C(=O)OCCCCCCN(CCCCCCOC(=O)C(CCCCCCCC)CCCCCCCC)CCCOCCOC. The lowest BCUT2D eigenvalue weighted by Crippen LogP contribution is -2.28. The number of methoxy groups -OCH3 is 1. The largest absolute Gasteiger partial charge is 0.465 e. The zero-order valence-electron chi connectivity index (χ0n) is 41.9. The summed E-state index contributed by atoms with van der Waals surface area (Å²) in [5.41, 5.74) is 0. The van der Waals surface area contributed by atoms with E-state index in [1.165, 1.54) is 154 Å². The second-order valence-electron chi connectivity index (χ2n) is 18.6. The lowest BCUT2D eigenvalue weighted by Gasteiger charge is -2.22. The van der Waals surface area contributed by atoms with Gasteiger partial charge in [-0.1, -0.05) is 207 Å². The van der Waals surface area contributed by atoms with E-state index in [9.17, 15) is 9.59 Å².